The van der Waals surface area contributed by atoms with Crippen LogP contribution in [0.3, 0.4) is 0 Å². The summed E-state index contributed by atoms with van der Waals surface area (Å²) in [6, 6.07) is 4.59. The van der Waals surface area contributed by atoms with E-state index in [9.17, 15) is 9.18 Å². The number of benzene rings is 1. The maximum atomic E-state index is 13.6. The van der Waals surface area contributed by atoms with E-state index in [0.29, 0.717) is 12.1 Å². The Hall–Kier alpha value is -1.62. The van der Waals surface area contributed by atoms with Gasteiger partial charge in [0.15, 0.2) is 0 Å². The molecule has 1 aromatic carbocycles. The lowest BCUT2D eigenvalue weighted by atomic mass is 10.1. The largest absolute Gasteiger partial charge is 0.396 e. The third-order valence-electron chi connectivity index (χ3n) is 4.06. The van der Waals surface area contributed by atoms with E-state index >= 15 is 0 Å². The summed E-state index contributed by atoms with van der Waals surface area (Å²) in [6.45, 7) is 1.47. The fraction of sp³-hybridized carbons (Fsp3) is 0.562. The summed E-state index contributed by atoms with van der Waals surface area (Å²) in [7, 11) is 3.97. The number of hydrogen-bond donors (Lipinski definition) is 1. The molecule has 0 spiro atoms. The molecule has 1 aliphatic rings. The van der Waals surface area contributed by atoms with Gasteiger partial charge in [-0.2, -0.15) is 0 Å². The highest BCUT2D eigenvalue weighted by Crippen LogP contribution is 2.25. The standard InChI is InChI=1S/C16H24FN3O/c1-19(2)9-10-20(13-5-3-4-6-13)16(21)12-7-8-15(18)14(17)11-12/h7-8,11,13H,3-6,9-10,18H2,1-2H3. The number of rotatable bonds is 5. The fourth-order valence-electron chi connectivity index (χ4n) is 2.80. The Morgan fingerprint density at radius 2 is 1.95 bits per heavy atom. The zero-order valence-electron chi connectivity index (χ0n) is 12.8. The average molecular weight is 293 g/mol. The maximum absolute atomic E-state index is 13.6. The van der Waals surface area contributed by atoms with E-state index in [-0.39, 0.29) is 17.6 Å². The highest BCUT2D eigenvalue weighted by molar-refractivity contribution is 5.94. The van der Waals surface area contributed by atoms with Gasteiger partial charge in [-0.3, -0.25) is 4.79 Å². The SMILES string of the molecule is CN(C)CCN(C(=O)c1ccc(N)c(F)c1)C1CCCC1. The minimum Gasteiger partial charge on any atom is -0.396 e. The van der Waals surface area contributed by atoms with Crippen molar-refractivity contribution >= 4 is 11.6 Å². The Morgan fingerprint density at radius 3 is 2.52 bits per heavy atom. The number of nitrogens with two attached hydrogens (primary N) is 1. The van der Waals surface area contributed by atoms with Crippen LogP contribution < -0.4 is 5.73 Å². The fourth-order valence-corrected chi connectivity index (χ4v) is 2.80. The van der Waals surface area contributed by atoms with Gasteiger partial charge in [-0.1, -0.05) is 12.8 Å². The van der Waals surface area contributed by atoms with Gasteiger partial charge in [0.1, 0.15) is 5.82 Å². The lowest BCUT2D eigenvalue weighted by molar-refractivity contribution is 0.0667. The summed E-state index contributed by atoms with van der Waals surface area (Å²) in [5, 5.41) is 0. The van der Waals surface area contributed by atoms with Gasteiger partial charge in [0.2, 0.25) is 0 Å². The van der Waals surface area contributed by atoms with Gasteiger partial charge >= 0.3 is 0 Å². The molecule has 0 saturated heterocycles. The third-order valence-corrected chi connectivity index (χ3v) is 4.06. The third kappa shape index (κ3) is 3.94. The molecule has 0 heterocycles. The number of halogens is 1. The first-order chi connectivity index (χ1) is 9.99. The van der Waals surface area contributed by atoms with E-state index in [1.54, 1.807) is 6.07 Å². The van der Waals surface area contributed by atoms with Crippen LogP contribution in [-0.2, 0) is 0 Å². The summed E-state index contributed by atoms with van der Waals surface area (Å²) in [6.07, 6.45) is 4.40. The number of amides is 1. The Morgan fingerprint density at radius 1 is 1.29 bits per heavy atom. The van der Waals surface area contributed by atoms with Gasteiger partial charge in [-0.25, -0.2) is 4.39 Å². The molecular formula is C16H24FN3O. The predicted octanol–water partition coefficient (Wildman–Crippen LogP) is 2.35. The highest BCUT2D eigenvalue weighted by Gasteiger charge is 2.27. The van der Waals surface area contributed by atoms with Crippen molar-refractivity contribution in [2.75, 3.05) is 32.9 Å². The van der Waals surface area contributed by atoms with Gasteiger partial charge in [0.05, 0.1) is 5.69 Å². The second-order valence-corrected chi connectivity index (χ2v) is 5.98. The van der Waals surface area contributed by atoms with Crippen LogP contribution >= 0.6 is 0 Å². The normalized spacial score (nSPS) is 15.6. The first-order valence-corrected chi connectivity index (χ1v) is 7.50. The molecule has 1 fully saturated rings. The van der Waals surface area contributed by atoms with Gasteiger partial charge in [0.25, 0.3) is 5.91 Å². The van der Waals surface area contributed by atoms with Crippen molar-refractivity contribution in [1.82, 2.24) is 9.80 Å². The van der Waals surface area contributed by atoms with Gasteiger partial charge in [-0.05, 0) is 45.1 Å². The van der Waals surface area contributed by atoms with Gasteiger partial charge < -0.3 is 15.5 Å². The summed E-state index contributed by atoms with van der Waals surface area (Å²) >= 11 is 0. The molecule has 21 heavy (non-hydrogen) atoms. The minimum atomic E-state index is -0.528. The first-order valence-electron chi connectivity index (χ1n) is 7.50. The van der Waals surface area contributed by atoms with Crippen molar-refractivity contribution < 1.29 is 9.18 Å². The van der Waals surface area contributed by atoms with Crippen molar-refractivity contribution in [1.29, 1.82) is 0 Å². The zero-order chi connectivity index (χ0) is 15.4. The van der Waals surface area contributed by atoms with Crippen LogP contribution in [0.25, 0.3) is 0 Å². The van der Waals surface area contributed by atoms with Crippen LogP contribution in [-0.4, -0.2) is 48.9 Å². The Kier molecular flexibility index (Phi) is 5.17. The summed E-state index contributed by atoms with van der Waals surface area (Å²) in [5.41, 5.74) is 5.94. The number of anilines is 1. The van der Waals surface area contributed by atoms with E-state index in [1.165, 1.54) is 12.1 Å². The predicted molar refractivity (Wildman–Crippen MR) is 82.7 cm³/mol. The van der Waals surface area contributed by atoms with Crippen molar-refractivity contribution in [2.45, 2.75) is 31.7 Å². The lowest BCUT2D eigenvalue weighted by Gasteiger charge is -2.30. The van der Waals surface area contributed by atoms with Crippen molar-refractivity contribution in [3.63, 3.8) is 0 Å². The smallest absolute Gasteiger partial charge is 0.254 e. The summed E-state index contributed by atoms with van der Waals surface area (Å²) < 4.78 is 13.6. The lowest BCUT2D eigenvalue weighted by Crippen LogP contribution is -2.42. The molecule has 2 rings (SSSR count). The molecule has 2 N–H and O–H groups in total. The first kappa shape index (κ1) is 15.8. The summed E-state index contributed by atoms with van der Waals surface area (Å²) in [4.78, 5) is 16.7. The van der Waals surface area contributed by atoms with E-state index in [4.69, 9.17) is 5.73 Å². The number of hydrogen-bond acceptors (Lipinski definition) is 3. The molecular weight excluding hydrogens is 269 g/mol. The maximum Gasteiger partial charge on any atom is 0.254 e. The molecule has 0 atom stereocenters. The van der Waals surface area contributed by atoms with E-state index in [0.717, 1.165) is 32.2 Å². The van der Waals surface area contributed by atoms with E-state index in [1.807, 2.05) is 19.0 Å². The Bertz CT molecular complexity index is 498. The Balaban J connectivity index is 2.17. The number of carbonyl (C=O) groups excluding carboxylic acids is 1. The highest BCUT2D eigenvalue weighted by atomic mass is 19.1. The van der Waals surface area contributed by atoms with Crippen LogP contribution in [0.15, 0.2) is 18.2 Å². The van der Waals surface area contributed by atoms with E-state index in [2.05, 4.69) is 4.90 Å². The topological polar surface area (TPSA) is 49.6 Å². The molecule has 1 amide bonds. The monoisotopic (exact) mass is 293 g/mol. The number of nitrogen functional groups attached to an aromatic ring is 1. The van der Waals surface area contributed by atoms with E-state index < -0.39 is 5.82 Å². The van der Waals surface area contributed by atoms with Crippen LogP contribution in [0, 0.1) is 5.82 Å². The summed E-state index contributed by atoms with van der Waals surface area (Å²) in [5.74, 6) is -0.623. The molecule has 0 radical (unpaired) electrons. The molecule has 0 bridgehead atoms. The van der Waals surface area contributed by atoms with Gasteiger partial charge in [0, 0.05) is 24.7 Å². The molecule has 1 aromatic rings. The second kappa shape index (κ2) is 6.89. The van der Waals surface area contributed by atoms with Crippen molar-refractivity contribution in [3.8, 4) is 0 Å². The molecule has 1 saturated carbocycles. The second-order valence-electron chi connectivity index (χ2n) is 5.98. The minimum absolute atomic E-state index is 0.0762. The van der Waals surface area contributed by atoms with Crippen LogP contribution in [0.5, 0.6) is 0 Å². The molecule has 116 valence electrons. The molecule has 0 unspecified atom stereocenters. The molecule has 5 heteroatoms. The average Bonchev–Trinajstić information content (AvgIpc) is 2.95. The van der Waals surface area contributed by atoms with Crippen LogP contribution in [0.1, 0.15) is 36.0 Å². The van der Waals surface area contributed by atoms with Crippen LogP contribution in [0.4, 0.5) is 10.1 Å². The molecule has 0 aromatic heterocycles. The Labute approximate surface area is 125 Å². The zero-order valence-corrected chi connectivity index (χ0v) is 12.8. The number of carbonyl (C=O) groups is 1. The van der Waals surface area contributed by atoms with Crippen LogP contribution in [0.2, 0.25) is 0 Å². The van der Waals surface area contributed by atoms with Crippen molar-refractivity contribution in [2.24, 2.45) is 0 Å². The molecule has 1 aliphatic carbocycles. The quantitative estimate of drug-likeness (QED) is 0.848. The number of likely N-dealkylation sites (N-methyl/N-ethyl adjacent to an activating group) is 1. The van der Waals surface area contributed by atoms with Gasteiger partial charge in [-0.15, -0.1) is 0 Å². The molecule has 4 nitrogen and oxygen atoms in total. The molecule has 0 aliphatic heterocycles. The number of nitrogens with zero attached hydrogens (tertiary/aromatic N) is 2. The van der Waals surface area contributed by atoms with Crippen molar-refractivity contribution in [3.05, 3.63) is 29.6 Å².